The molecule has 0 aliphatic carbocycles. The van der Waals surface area contributed by atoms with Crippen LogP contribution in [0.5, 0.6) is 0 Å². The van der Waals surface area contributed by atoms with Gasteiger partial charge < -0.3 is 4.74 Å². The summed E-state index contributed by atoms with van der Waals surface area (Å²) >= 11 is 0. The number of nitrogens with zero attached hydrogens (tertiary/aromatic N) is 1. The van der Waals surface area contributed by atoms with Gasteiger partial charge in [-0.05, 0) is 18.2 Å². The van der Waals surface area contributed by atoms with Crippen molar-refractivity contribution in [3.05, 3.63) is 41.8 Å². The third-order valence-electron chi connectivity index (χ3n) is 2.38. The Hall–Kier alpha value is -2.42. The number of benzene rings is 1. The largest absolute Gasteiger partial charge is 0.465 e. The normalized spacial score (nSPS) is 11.1. The van der Waals surface area contributed by atoms with Crippen LogP contribution in [0.15, 0.2) is 35.4 Å². The van der Waals surface area contributed by atoms with Crippen LogP contribution in [0.1, 0.15) is 10.4 Å². The van der Waals surface area contributed by atoms with Crippen LogP contribution < -0.4 is 4.72 Å². The number of aromatic nitrogens is 2. The molecule has 2 N–H and O–H groups in total. The average molecular weight is 299 g/mol. The fraction of sp³-hybridized carbons (Fsp3) is 0.0909. The summed E-state index contributed by atoms with van der Waals surface area (Å²) in [5, 5.41) is 5.96. The van der Waals surface area contributed by atoms with Gasteiger partial charge in [-0.3, -0.25) is 9.82 Å². The second-order valence-corrected chi connectivity index (χ2v) is 5.36. The maximum atomic E-state index is 13.3. The highest BCUT2D eigenvalue weighted by Gasteiger charge is 2.24. The Kier molecular flexibility index (Phi) is 3.70. The second-order valence-electron chi connectivity index (χ2n) is 3.71. The molecule has 7 nitrogen and oxygen atoms in total. The zero-order valence-corrected chi connectivity index (χ0v) is 11.1. The minimum absolute atomic E-state index is 0.0880. The van der Waals surface area contributed by atoms with Crippen LogP contribution in [0.25, 0.3) is 0 Å². The summed E-state index contributed by atoms with van der Waals surface area (Å²) in [6, 6.07) is 4.13. The van der Waals surface area contributed by atoms with E-state index in [-0.39, 0.29) is 11.4 Å². The van der Waals surface area contributed by atoms with Crippen LogP contribution >= 0.6 is 0 Å². The number of rotatable bonds is 4. The Morgan fingerprint density at radius 1 is 1.40 bits per heavy atom. The van der Waals surface area contributed by atoms with Gasteiger partial charge in [-0.25, -0.2) is 17.6 Å². The number of hydrogen-bond donors (Lipinski definition) is 2. The van der Waals surface area contributed by atoms with Gasteiger partial charge in [0.2, 0.25) is 0 Å². The quantitative estimate of drug-likeness (QED) is 0.824. The number of halogens is 1. The number of sulfonamides is 1. The minimum atomic E-state index is -4.15. The molecule has 0 saturated heterocycles. The van der Waals surface area contributed by atoms with E-state index in [2.05, 4.69) is 19.7 Å². The molecule has 2 aromatic rings. The number of H-pyrrole nitrogens is 1. The first-order valence-electron chi connectivity index (χ1n) is 5.34. The lowest BCUT2D eigenvalue weighted by molar-refractivity contribution is 0.0596. The van der Waals surface area contributed by atoms with Gasteiger partial charge in [0.15, 0.2) is 0 Å². The molecule has 2 rings (SSSR count). The van der Waals surface area contributed by atoms with Crippen molar-refractivity contribution in [1.82, 2.24) is 10.2 Å². The van der Waals surface area contributed by atoms with E-state index in [1.165, 1.54) is 12.3 Å². The Morgan fingerprint density at radius 3 is 2.75 bits per heavy atom. The summed E-state index contributed by atoms with van der Waals surface area (Å²) in [4.78, 5) is 11.0. The summed E-state index contributed by atoms with van der Waals surface area (Å²) in [6.07, 6.45) is 1.34. The van der Waals surface area contributed by atoms with Crippen LogP contribution in [0.3, 0.4) is 0 Å². The first kappa shape index (κ1) is 14.0. The van der Waals surface area contributed by atoms with Crippen molar-refractivity contribution in [2.24, 2.45) is 0 Å². The highest BCUT2D eigenvalue weighted by Crippen LogP contribution is 2.20. The van der Waals surface area contributed by atoms with Crippen LogP contribution in [-0.2, 0) is 14.8 Å². The monoisotopic (exact) mass is 299 g/mol. The molecule has 0 spiro atoms. The van der Waals surface area contributed by atoms with Crippen LogP contribution in [0, 0.1) is 5.82 Å². The number of methoxy groups -OCH3 is 1. The second kappa shape index (κ2) is 5.29. The predicted octanol–water partition coefficient (Wildman–Crippen LogP) is 1.14. The summed E-state index contributed by atoms with van der Waals surface area (Å²) in [5.74, 6) is -1.58. The standard InChI is InChI=1S/C11H10FN3O4S/c1-19-11(16)8-3-2-7(12)6-9(8)20(17,18)15-10-4-5-13-14-10/h2-6H,1H3,(H2,13,14,15). The highest BCUT2D eigenvalue weighted by atomic mass is 32.2. The Labute approximate surface area is 113 Å². The van der Waals surface area contributed by atoms with Gasteiger partial charge in [0, 0.05) is 6.07 Å². The molecule has 1 heterocycles. The van der Waals surface area contributed by atoms with Crippen molar-refractivity contribution in [2.45, 2.75) is 4.90 Å². The van der Waals surface area contributed by atoms with E-state index in [9.17, 15) is 17.6 Å². The van der Waals surface area contributed by atoms with Crippen molar-refractivity contribution < 1.29 is 22.3 Å². The molecule has 0 aliphatic heterocycles. The molecule has 9 heteroatoms. The molecule has 0 amide bonds. The lowest BCUT2D eigenvalue weighted by Gasteiger charge is -2.10. The molecule has 0 bridgehead atoms. The summed E-state index contributed by atoms with van der Waals surface area (Å²) in [6.45, 7) is 0. The van der Waals surface area contributed by atoms with Gasteiger partial charge in [-0.1, -0.05) is 0 Å². The van der Waals surface area contributed by atoms with Crippen molar-refractivity contribution in [2.75, 3.05) is 11.8 Å². The Morgan fingerprint density at radius 2 is 2.15 bits per heavy atom. The van der Waals surface area contributed by atoms with Gasteiger partial charge in [0.05, 0.1) is 18.9 Å². The molecule has 0 fully saturated rings. The number of carbonyl (C=O) groups excluding carboxylic acids is 1. The third kappa shape index (κ3) is 2.77. The number of aromatic amines is 1. The third-order valence-corrected chi connectivity index (χ3v) is 3.79. The smallest absolute Gasteiger partial charge is 0.339 e. The average Bonchev–Trinajstić information content (AvgIpc) is 2.90. The van der Waals surface area contributed by atoms with E-state index < -0.39 is 26.7 Å². The number of anilines is 1. The van der Waals surface area contributed by atoms with E-state index in [0.717, 1.165) is 25.3 Å². The van der Waals surface area contributed by atoms with E-state index >= 15 is 0 Å². The maximum absolute atomic E-state index is 13.3. The number of hydrogen-bond acceptors (Lipinski definition) is 5. The Bertz CT molecular complexity index is 728. The van der Waals surface area contributed by atoms with Gasteiger partial charge in [-0.2, -0.15) is 5.10 Å². The molecule has 0 unspecified atom stereocenters. The Balaban J connectivity index is 2.50. The van der Waals surface area contributed by atoms with Crippen LogP contribution in [0.2, 0.25) is 0 Å². The summed E-state index contributed by atoms with van der Waals surface area (Å²) < 4.78 is 44.2. The number of carbonyl (C=O) groups is 1. The molecule has 0 saturated carbocycles. The lowest BCUT2D eigenvalue weighted by Crippen LogP contribution is -2.18. The fourth-order valence-corrected chi connectivity index (χ4v) is 2.73. The topological polar surface area (TPSA) is 101 Å². The zero-order valence-electron chi connectivity index (χ0n) is 10.3. The summed E-state index contributed by atoms with van der Waals surface area (Å²) in [7, 11) is -3.05. The fourth-order valence-electron chi connectivity index (χ4n) is 1.51. The molecular formula is C11H10FN3O4S. The lowest BCUT2D eigenvalue weighted by atomic mass is 10.2. The SMILES string of the molecule is COC(=O)c1ccc(F)cc1S(=O)(=O)Nc1ccn[nH]1. The van der Waals surface area contributed by atoms with Gasteiger partial charge in [0.25, 0.3) is 10.0 Å². The number of esters is 1. The number of nitrogens with one attached hydrogen (secondary N) is 2. The van der Waals surface area contributed by atoms with E-state index in [4.69, 9.17) is 0 Å². The van der Waals surface area contributed by atoms with Crippen molar-refractivity contribution in [1.29, 1.82) is 0 Å². The molecule has 0 radical (unpaired) electrons. The van der Waals surface area contributed by atoms with Crippen molar-refractivity contribution in [3.63, 3.8) is 0 Å². The molecule has 20 heavy (non-hydrogen) atoms. The van der Waals surface area contributed by atoms with Gasteiger partial charge >= 0.3 is 5.97 Å². The zero-order chi connectivity index (χ0) is 14.8. The molecule has 1 aromatic carbocycles. The van der Waals surface area contributed by atoms with E-state index in [1.54, 1.807) is 0 Å². The van der Waals surface area contributed by atoms with Gasteiger partial charge in [-0.15, -0.1) is 0 Å². The molecule has 0 atom stereocenters. The molecule has 0 aliphatic rings. The van der Waals surface area contributed by atoms with Crippen molar-refractivity contribution >= 4 is 21.8 Å². The van der Waals surface area contributed by atoms with E-state index in [1.807, 2.05) is 0 Å². The number of ether oxygens (including phenoxy) is 1. The van der Waals surface area contributed by atoms with Crippen molar-refractivity contribution in [3.8, 4) is 0 Å². The van der Waals surface area contributed by atoms with Gasteiger partial charge in [0.1, 0.15) is 16.5 Å². The maximum Gasteiger partial charge on any atom is 0.339 e. The minimum Gasteiger partial charge on any atom is -0.465 e. The molecular weight excluding hydrogens is 289 g/mol. The summed E-state index contributed by atoms with van der Waals surface area (Å²) in [5.41, 5.74) is -0.263. The van der Waals surface area contributed by atoms with E-state index in [0.29, 0.717) is 0 Å². The van der Waals surface area contributed by atoms with Crippen LogP contribution in [0.4, 0.5) is 10.2 Å². The predicted molar refractivity (Wildman–Crippen MR) is 67.1 cm³/mol. The first-order chi connectivity index (χ1) is 9.44. The first-order valence-corrected chi connectivity index (χ1v) is 6.82. The molecule has 1 aromatic heterocycles. The molecule has 106 valence electrons. The highest BCUT2D eigenvalue weighted by molar-refractivity contribution is 7.92. The van der Waals surface area contributed by atoms with Crippen LogP contribution in [-0.4, -0.2) is 31.7 Å².